The number of carbonyl (C=O) groups excluding carboxylic acids is 4. The van der Waals surface area contributed by atoms with E-state index >= 15 is 0 Å². The van der Waals surface area contributed by atoms with Gasteiger partial charge in [0.2, 0.25) is 4.96 Å². The molecule has 67 heavy (non-hydrogen) atoms. The molecule has 0 aliphatic rings. The van der Waals surface area contributed by atoms with Crippen LogP contribution in [-0.2, 0) is 19.1 Å². The summed E-state index contributed by atoms with van der Waals surface area (Å²) < 4.78 is 35.1. The van der Waals surface area contributed by atoms with Crippen LogP contribution in [-0.4, -0.2) is 79.0 Å². The fourth-order valence-electron chi connectivity index (χ4n) is 6.48. The van der Waals surface area contributed by atoms with Crippen molar-refractivity contribution in [2.75, 3.05) is 45.4 Å². The van der Waals surface area contributed by atoms with Crippen LogP contribution in [0.2, 0.25) is 0 Å². The molecule has 0 radical (unpaired) electrons. The molecule has 0 saturated heterocycles. The van der Waals surface area contributed by atoms with Crippen molar-refractivity contribution in [3.63, 3.8) is 0 Å². The zero-order chi connectivity index (χ0) is 47.4. The lowest BCUT2D eigenvalue weighted by molar-refractivity contribution is -0.138. The van der Waals surface area contributed by atoms with Gasteiger partial charge in [0.05, 0.1) is 49.4 Å². The van der Waals surface area contributed by atoms with Gasteiger partial charge < -0.3 is 33.3 Å². The molecule has 0 aliphatic heterocycles. The first-order valence-corrected chi connectivity index (χ1v) is 22.8. The molecule has 0 N–H and O–H groups in total. The van der Waals surface area contributed by atoms with Crippen LogP contribution in [0.1, 0.15) is 82.7 Å². The Balaban J connectivity index is 1.08. The predicted octanol–water partition coefficient (Wildman–Crippen LogP) is 10.5. The predicted molar refractivity (Wildman–Crippen MR) is 259 cm³/mol. The van der Waals surface area contributed by atoms with Gasteiger partial charge in [0.1, 0.15) is 28.0 Å². The Morgan fingerprint density at radius 1 is 0.627 bits per heavy atom. The molecule has 0 unspecified atom stereocenters. The number of imidazole rings is 1. The van der Waals surface area contributed by atoms with Crippen molar-refractivity contribution in [1.82, 2.24) is 14.6 Å². The molecule has 0 bridgehead atoms. The Bertz CT molecular complexity index is 2600. The third-order valence-corrected chi connectivity index (χ3v) is 11.0. The zero-order valence-corrected chi connectivity index (χ0v) is 38.5. The summed E-state index contributed by atoms with van der Waals surface area (Å²) in [4.78, 5) is 56.6. The van der Waals surface area contributed by atoms with Crippen LogP contribution in [0.3, 0.4) is 0 Å². The van der Waals surface area contributed by atoms with Crippen molar-refractivity contribution in [2.24, 2.45) is 0 Å². The molecule has 15 heteroatoms. The van der Waals surface area contributed by atoms with E-state index in [1.807, 2.05) is 49.5 Å². The summed E-state index contributed by atoms with van der Waals surface area (Å²) in [6, 6.07) is 26.3. The van der Waals surface area contributed by atoms with Gasteiger partial charge in [-0.25, -0.2) is 28.7 Å². The summed E-state index contributed by atoms with van der Waals surface area (Å²) in [6.07, 6.45) is 14.5. The number of unbranched alkanes of at least 4 members (excludes halogenated alkanes) is 6. The number of benzene rings is 4. The van der Waals surface area contributed by atoms with Crippen LogP contribution in [0.25, 0.3) is 28.4 Å². The second kappa shape index (κ2) is 25.2. The maximum absolute atomic E-state index is 13.5. The fourth-order valence-corrected chi connectivity index (χ4v) is 7.27. The van der Waals surface area contributed by atoms with Gasteiger partial charge in [-0.05, 0) is 142 Å². The Morgan fingerprint density at radius 2 is 1.15 bits per heavy atom. The largest absolute Gasteiger partial charge is 0.494 e. The molecule has 2 aromatic heterocycles. The van der Waals surface area contributed by atoms with Gasteiger partial charge in [-0.2, -0.15) is 5.10 Å². The molecule has 2 heterocycles. The average molecular weight is 927 g/mol. The van der Waals surface area contributed by atoms with E-state index in [9.17, 15) is 19.2 Å². The molecule has 0 amide bonds. The highest BCUT2D eigenvalue weighted by molar-refractivity contribution is 7.17. The highest BCUT2D eigenvalue weighted by atomic mass is 32.1. The van der Waals surface area contributed by atoms with Crippen molar-refractivity contribution >= 4 is 58.0 Å². The van der Waals surface area contributed by atoms with Crippen LogP contribution >= 0.6 is 11.3 Å². The van der Waals surface area contributed by atoms with Crippen molar-refractivity contribution in [3.05, 3.63) is 144 Å². The standard InChI is InChI=1S/C52H54N4O10S/c1-5-48(57)63-33-13-9-7-11-31-61-42-24-17-38(18-25-42)50(59)65-44-28-29-46(66-51(60)39-19-26-43(27-20-39)62-32-12-8-10-14-34-64-49(58)6-2)40(35-44)21-30-47-54-56-36-45(53-52(56)67-47)37-15-22-41(23-16-37)55(3)4/h5-6,15-30,35-36H,1-2,7-14,31-34H2,3-4H3/b30-21+. The second-order valence-electron chi connectivity index (χ2n) is 15.4. The summed E-state index contributed by atoms with van der Waals surface area (Å²) in [6.45, 7) is 8.51. The Labute approximate surface area is 394 Å². The van der Waals surface area contributed by atoms with Gasteiger partial charge in [0, 0.05) is 43.1 Å². The van der Waals surface area contributed by atoms with Crippen LogP contribution in [0, 0.1) is 0 Å². The molecule has 0 aliphatic carbocycles. The van der Waals surface area contributed by atoms with E-state index in [0.29, 0.717) is 64.6 Å². The zero-order valence-electron chi connectivity index (χ0n) is 37.7. The quantitative estimate of drug-likeness (QED) is 0.0219. The van der Waals surface area contributed by atoms with Gasteiger partial charge in [-0.15, -0.1) is 0 Å². The molecule has 4 aromatic carbocycles. The summed E-state index contributed by atoms with van der Waals surface area (Å²) in [7, 11) is 3.99. The second-order valence-corrected chi connectivity index (χ2v) is 16.4. The maximum atomic E-state index is 13.5. The number of fused-ring (bicyclic) bond motifs is 1. The number of carbonyl (C=O) groups is 4. The average Bonchev–Trinajstić information content (AvgIpc) is 3.93. The fraction of sp³-hybridized carbons (Fsp3) is 0.269. The lowest BCUT2D eigenvalue weighted by Gasteiger charge is -2.12. The Morgan fingerprint density at radius 3 is 1.67 bits per heavy atom. The minimum absolute atomic E-state index is 0.237. The monoisotopic (exact) mass is 926 g/mol. The third-order valence-electron chi connectivity index (χ3n) is 10.2. The van der Waals surface area contributed by atoms with E-state index < -0.39 is 23.9 Å². The van der Waals surface area contributed by atoms with E-state index in [4.69, 9.17) is 38.5 Å². The summed E-state index contributed by atoms with van der Waals surface area (Å²) in [5, 5.41) is 5.36. The summed E-state index contributed by atoms with van der Waals surface area (Å²) in [5.74, 6) is -0.285. The van der Waals surface area contributed by atoms with E-state index in [1.54, 1.807) is 83.4 Å². The number of aromatic nitrogens is 3. The molecular formula is C52H54N4O10S. The van der Waals surface area contributed by atoms with Gasteiger partial charge in [-0.1, -0.05) is 36.6 Å². The number of hydrogen-bond donors (Lipinski definition) is 0. The van der Waals surface area contributed by atoms with Gasteiger partial charge in [0.15, 0.2) is 0 Å². The van der Waals surface area contributed by atoms with Gasteiger partial charge >= 0.3 is 23.9 Å². The molecule has 348 valence electrons. The first-order valence-electron chi connectivity index (χ1n) is 22.0. The number of ether oxygens (including phenoxy) is 6. The number of hydrogen-bond acceptors (Lipinski definition) is 14. The minimum Gasteiger partial charge on any atom is -0.494 e. The SMILES string of the molecule is C=CC(=O)OCCCCCCOc1ccc(C(=O)Oc2ccc(OC(=O)c3ccc(OCCCCCCOC(=O)C=C)cc3)c(/C=C/c3nn4cc(-c5ccc(N(C)C)cc5)nc4s3)c2)cc1. The Kier molecular flexibility index (Phi) is 18.4. The number of rotatable bonds is 26. The van der Waals surface area contributed by atoms with Gasteiger partial charge in [-0.3, -0.25) is 0 Å². The topological polar surface area (TPSA) is 157 Å². The molecule has 6 aromatic rings. The smallest absolute Gasteiger partial charge is 0.343 e. The summed E-state index contributed by atoms with van der Waals surface area (Å²) in [5.41, 5.74) is 3.97. The number of esters is 4. The highest BCUT2D eigenvalue weighted by Gasteiger charge is 2.16. The Hall–Kier alpha value is -7.52. The van der Waals surface area contributed by atoms with E-state index in [-0.39, 0.29) is 11.5 Å². The van der Waals surface area contributed by atoms with Crippen molar-refractivity contribution in [2.45, 2.75) is 51.4 Å². The van der Waals surface area contributed by atoms with Crippen LogP contribution < -0.4 is 23.8 Å². The normalized spacial score (nSPS) is 11.0. The van der Waals surface area contributed by atoms with Crippen molar-refractivity contribution in [3.8, 4) is 34.3 Å². The highest BCUT2D eigenvalue weighted by Crippen LogP contribution is 2.30. The molecule has 0 fully saturated rings. The maximum Gasteiger partial charge on any atom is 0.343 e. The van der Waals surface area contributed by atoms with Crippen LogP contribution in [0.4, 0.5) is 5.69 Å². The third kappa shape index (κ3) is 15.3. The molecule has 0 atom stereocenters. The minimum atomic E-state index is -0.587. The van der Waals surface area contributed by atoms with E-state index in [0.717, 1.165) is 80.5 Å². The van der Waals surface area contributed by atoms with Gasteiger partial charge in [0.25, 0.3) is 0 Å². The lowest BCUT2D eigenvalue weighted by Crippen LogP contribution is -2.11. The lowest BCUT2D eigenvalue weighted by atomic mass is 10.1. The van der Waals surface area contributed by atoms with Crippen molar-refractivity contribution in [1.29, 1.82) is 0 Å². The molecule has 0 saturated carbocycles. The molecular weight excluding hydrogens is 873 g/mol. The van der Waals surface area contributed by atoms with Crippen LogP contribution in [0.15, 0.2) is 123 Å². The first-order chi connectivity index (χ1) is 32.6. The van der Waals surface area contributed by atoms with E-state index in [2.05, 4.69) is 13.2 Å². The van der Waals surface area contributed by atoms with E-state index in [1.165, 1.54) is 11.3 Å². The first kappa shape index (κ1) is 48.9. The number of nitrogens with zero attached hydrogens (tertiary/aromatic N) is 4. The molecule has 0 spiro atoms. The van der Waals surface area contributed by atoms with Crippen molar-refractivity contribution < 1.29 is 47.6 Å². The van der Waals surface area contributed by atoms with Crippen LogP contribution in [0.5, 0.6) is 23.0 Å². The summed E-state index contributed by atoms with van der Waals surface area (Å²) >= 11 is 1.39. The molecule has 14 nitrogen and oxygen atoms in total. The molecule has 6 rings (SSSR count). The number of anilines is 1.